The fraction of sp³-hybridized carbons (Fsp3) is 0.432. The molecule has 2 aromatic carbocycles. The Morgan fingerprint density at radius 3 is 2.30 bits per heavy atom. The summed E-state index contributed by atoms with van der Waals surface area (Å²) >= 11 is 5.82. The summed E-state index contributed by atoms with van der Waals surface area (Å²) in [7, 11) is 1.35. The maximum Gasteiger partial charge on any atom is 0.435 e. The van der Waals surface area contributed by atoms with Crippen LogP contribution < -0.4 is 15.4 Å². The first-order chi connectivity index (χ1) is 32.0. The Morgan fingerprint density at radius 1 is 1.06 bits per heavy atom. The Kier molecular flexibility index (Phi) is 15.6. The summed E-state index contributed by atoms with van der Waals surface area (Å²) < 4.78 is 161. The number of anilines is 1. The van der Waals surface area contributed by atoms with Crippen molar-refractivity contribution in [1.29, 1.82) is 0 Å². The highest BCUT2D eigenvalue weighted by Gasteiger charge is 2.53. The maximum absolute atomic E-state index is 15.4. The molecule has 25 heteroatoms. The van der Waals surface area contributed by atoms with Gasteiger partial charge in [0.2, 0.25) is 11.7 Å². The normalized spacial score (nSPS) is 15.7. The molecule has 5 aromatic rings. The van der Waals surface area contributed by atoms with Crippen LogP contribution in [0, 0.1) is 23.5 Å². The van der Waals surface area contributed by atoms with E-state index in [0.29, 0.717) is 21.5 Å². The Labute approximate surface area is 401 Å². The lowest BCUT2D eigenvalue weighted by atomic mass is 9.93. The molecular formula is C44H44ClF10N9O3S2. The molecule has 0 fully saturated rings. The Hall–Kier alpha value is -5.22. The number of amides is 3. The number of nitrogens with two attached hydrogens (primary N) is 1. The molecule has 0 radical (unpaired) electrons. The largest absolute Gasteiger partial charge is 0.593 e. The number of thioether (sulfide) groups is 1. The second kappa shape index (κ2) is 20.2. The van der Waals surface area contributed by atoms with Gasteiger partial charge in [-0.15, -0.1) is 16.9 Å². The van der Waals surface area contributed by atoms with E-state index in [-0.39, 0.29) is 56.3 Å². The van der Waals surface area contributed by atoms with Crippen LogP contribution in [0.4, 0.5) is 54.5 Å². The fourth-order valence-corrected chi connectivity index (χ4v) is 9.02. The average Bonchev–Trinajstić information content (AvgIpc) is 3.88. The first-order valence-electron chi connectivity index (χ1n) is 20.8. The summed E-state index contributed by atoms with van der Waals surface area (Å²) in [6.45, 7) is 1.94. The van der Waals surface area contributed by atoms with Crippen molar-refractivity contribution in [2.24, 2.45) is 5.73 Å². The summed E-state index contributed by atoms with van der Waals surface area (Å²) in [6.07, 6.45) is -8.56. The molecule has 3 amide bonds. The lowest BCUT2D eigenvalue weighted by Crippen LogP contribution is -2.45. The van der Waals surface area contributed by atoms with E-state index in [9.17, 15) is 49.3 Å². The number of fused-ring (bicyclic) bond motifs is 2. The third-order valence-electron chi connectivity index (χ3n) is 11.0. The highest BCUT2D eigenvalue weighted by atomic mass is 35.5. The predicted octanol–water partition coefficient (Wildman–Crippen LogP) is 9.50. The number of rotatable bonds is 14. The van der Waals surface area contributed by atoms with E-state index in [1.54, 1.807) is 20.1 Å². The highest BCUT2D eigenvalue weighted by Crippen LogP contribution is 2.52. The van der Waals surface area contributed by atoms with Gasteiger partial charge >= 0.3 is 18.4 Å². The van der Waals surface area contributed by atoms with E-state index in [1.807, 2.05) is 0 Å². The van der Waals surface area contributed by atoms with Crippen LogP contribution in [0.1, 0.15) is 79.5 Å². The number of hydrogen-bond acceptors (Lipinski definition) is 8. The number of aromatic nitrogens is 5. The molecule has 0 saturated carbocycles. The number of carbonyl (C=O) groups excluding carboxylic acids is 2. The van der Waals surface area contributed by atoms with E-state index in [2.05, 4.69) is 27.4 Å². The van der Waals surface area contributed by atoms with Crippen molar-refractivity contribution in [2.75, 3.05) is 37.0 Å². The topological polar surface area (TPSA) is 150 Å². The van der Waals surface area contributed by atoms with Gasteiger partial charge in [-0.1, -0.05) is 34.8 Å². The molecule has 3 atom stereocenters. The molecule has 2 unspecified atom stereocenters. The lowest BCUT2D eigenvalue weighted by molar-refractivity contribution is -0.143. The molecule has 6 rings (SSSR count). The zero-order valence-electron chi connectivity index (χ0n) is 37.6. The Bertz CT molecular complexity index is 2800. The number of carbonyl (C=O) groups is 2. The highest BCUT2D eigenvalue weighted by molar-refractivity contribution is 8.00. The SMILES string of the molecule is CSC(C)(C)C#Cc1ccc(-c2ccc(Cl)c3c(N(C(=O)N(C)CCCN)[S+](C)[O-])nn(CC(F)(F)F)c23)c(C(Cc2cc(F)cc(F)c2)NC(=O)Cn2nc(C(F)(F)F)c3c2C(F)(F)C[C@@H]3C)n1. The van der Waals surface area contributed by atoms with E-state index in [4.69, 9.17) is 22.3 Å². The van der Waals surface area contributed by atoms with Crippen LogP contribution in [-0.4, -0.2) is 89.5 Å². The number of hydrogen-bond donors (Lipinski definition) is 2. The predicted molar refractivity (Wildman–Crippen MR) is 242 cm³/mol. The van der Waals surface area contributed by atoms with Crippen LogP contribution >= 0.6 is 23.4 Å². The average molecular weight is 1040 g/mol. The molecule has 0 bridgehead atoms. The molecular weight excluding hydrogens is 992 g/mol. The second-order valence-corrected chi connectivity index (χ2v) is 19.8. The van der Waals surface area contributed by atoms with Gasteiger partial charge in [0.15, 0.2) is 5.69 Å². The van der Waals surface area contributed by atoms with Crippen LogP contribution in [0.25, 0.3) is 22.0 Å². The van der Waals surface area contributed by atoms with Gasteiger partial charge in [0.05, 0.1) is 43.8 Å². The van der Waals surface area contributed by atoms with Crippen LogP contribution in [0.5, 0.6) is 0 Å². The minimum atomic E-state index is -5.19. The maximum atomic E-state index is 15.4. The number of nitrogens with one attached hydrogen (secondary N) is 1. The molecule has 0 spiro atoms. The van der Waals surface area contributed by atoms with E-state index in [0.717, 1.165) is 30.2 Å². The third-order valence-corrected chi connectivity index (χ3v) is 13.3. The molecule has 3 aromatic heterocycles. The number of nitrogens with zero attached hydrogens (tertiary/aromatic N) is 7. The van der Waals surface area contributed by atoms with Gasteiger partial charge in [-0.05, 0) is 87.2 Å². The van der Waals surface area contributed by atoms with Crippen molar-refractivity contribution in [2.45, 2.75) is 88.1 Å². The summed E-state index contributed by atoms with van der Waals surface area (Å²) in [4.78, 5) is 33.8. The standard InChI is InChI=1S/C44H44ClF10N9O3S2/c1-23-20-42(48,49)38-33(23)37(44(53,54)55)59-62(38)21-32(65)58-31(18-24-16-25(46)19-26(47)17-24)35-28(9-8-27(57-35)12-13-41(2,3)68-5)29-10-11-30(45)34-36(29)63(22-43(50,51)52)60-39(34)64(69(6)67)40(66)61(4)15-7-14-56/h8-11,16-17,19,23,31H,7,14-15,18,20-22,56H2,1-6H3,(H,58,65)/t23-,31?,69?/m0/s1. The van der Waals surface area contributed by atoms with Gasteiger partial charge in [0.25, 0.3) is 5.92 Å². The molecule has 3 N–H and O–H groups in total. The Balaban J connectivity index is 1.62. The van der Waals surface area contributed by atoms with Crippen molar-refractivity contribution < 1.29 is 58.0 Å². The quantitative estimate of drug-likeness (QED) is 0.0635. The van der Waals surface area contributed by atoms with Crippen molar-refractivity contribution in [3.05, 3.63) is 93.0 Å². The molecule has 0 aliphatic heterocycles. The van der Waals surface area contributed by atoms with Gasteiger partial charge < -0.3 is 20.5 Å². The third kappa shape index (κ3) is 11.9. The zero-order valence-corrected chi connectivity index (χ0v) is 39.9. The first-order valence-corrected chi connectivity index (χ1v) is 23.9. The Morgan fingerprint density at radius 2 is 1.71 bits per heavy atom. The monoisotopic (exact) mass is 1040 g/mol. The summed E-state index contributed by atoms with van der Waals surface area (Å²) in [5.74, 6) is -3.10. The first kappa shape index (κ1) is 53.1. The zero-order chi connectivity index (χ0) is 51.1. The van der Waals surface area contributed by atoms with Crippen molar-refractivity contribution in [3.8, 4) is 23.0 Å². The number of pyridine rings is 1. The molecule has 1 aliphatic rings. The molecule has 0 saturated heterocycles. The van der Waals surface area contributed by atoms with E-state index >= 15 is 8.78 Å². The lowest BCUT2D eigenvalue weighted by Gasteiger charge is -2.25. The van der Waals surface area contributed by atoms with Gasteiger partial charge in [0.1, 0.15) is 42.4 Å². The fourth-order valence-electron chi connectivity index (χ4n) is 7.90. The second-order valence-electron chi connectivity index (χ2n) is 16.8. The smallest absolute Gasteiger partial charge is 0.435 e. The van der Waals surface area contributed by atoms with Gasteiger partial charge in [0, 0.05) is 42.8 Å². The van der Waals surface area contributed by atoms with Gasteiger partial charge in [-0.2, -0.15) is 40.2 Å². The molecule has 3 heterocycles. The minimum Gasteiger partial charge on any atom is -0.593 e. The summed E-state index contributed by atoms with van der Waals surface area (Å²) in [5.41, 5.74) is 1.08. The number of urea groups is 1. The van der Waals surface area contributed by atoms with Crippen molar-refractivity contribution in [1.82, 2.24) is 34.8 Å². The number of alkyl halides is 8. The van der Waals surface area contributed by atoms with Gasteiger partial charge in [-0.25, -0.2) is 18.6 Å². The molecule has 69 heavy (non-hydrogen) atoms. The van der Waals surface area contributed by atoms with Crippen molar-refractivity contribution >= 4 is 63.4 Å². The molecule has 1 aliphatic carbocycles. The van der Waals surface area contributed by atoms with Crippen molar-refractivity contribution in [3.63, 3.8) is 0 Å². The number of halogens is 11. The van der Waals surface area contributed by atoms with Crippen LogP contribution in [0.3, 0.4) is 0 Å². The van der Waals surface area contributed by atoms with Crippen LogP contribution in [-0.2, 0) is 47.8 Å². The summed E-state index contributed by atoms with van der Waals surface area (Å²) in [5, 5.41) is 9.56. The van der Waals surface area contributed by atoms with Crippen LogP contribution in [0.15, 0.2) is 42.5 Å². The van der Waals surface area contributed by atoms with E-state index in [1.165, 1.54) is 43.1 Å². The summed E-state index contributed by atoms with van der Waals surface area (Å²) in [6, 6.07) is 5.05. The van der Waals surface area contributed by atoms with E-state index < -0.39 is 124 Å². The molecule has 12 nitrogen and oxygen atoms in total. The van der Waals surface area contributed by atoms with Gasteiger partial charge in [-0.3, -0.25) is 14.2 Å². The van der Waals surface area contributed by atoms with Crippen LogP contribution in [0.2, 0.25) is 5.02 Å². The number of benzene rings is 2. The molecule has 372 valence electrons. The minimum absolute atomic E-state index is 0.00209.